The van der Waals surface area contributed by atoms with Gasteiger partial charge < -0.3 is 35.8 Å². The standard InChI is InChI=1S/C30H40N4O8/c1-18(2)25(34-29(40)42-30(4,5)6)27(37)32-19(3)26(36)33-22-13-11-20(12-14-22)17-41-24(35)16-31-15-21-9-7-8-10-23(21)28(38)39/h7-14,18-19,25,31H,15-17H2,1-6H3,(H,32,37)(H,33,36)(H,34,40)(H,38,39)/t19-,25-/m0/s1. The number of carbonyl (C=O) groups excluding carboxylic acids is 4. The monoisotopic (exact) mass is 584 g/mol. The average molecular weight is 585 g/mol. The van der Waals surface area contributed by atoms with Crippen molar-refractivity contribution in [3.05, 3.63) is 65.2 Å². The van der Waals surface area contributed by atoms with Gasteiger partial charge in [-0.3, -0.25) is 14.4 Å². The van der Waals surface area contributed by atoms with E-state index < -0.39 is 47.5 Å². The first-order valence-corrected chi connectivity index (χ1v) is 13.5. The average Bonchev–Trinajstić information content (AvgIpc) is 2.90. The van der Waals surface area contributed by atoms with Crippen molar-refractivity contribution < 1.29 is 38.6 Å². The van der Waals surface area contributed by atoms with Gasteiger partial charge in [0.1, 0.15) is 24.3 Å². The van der Waals surface area contributed by atoms with Gasteiger partial charge in [0.15, 0.2) is 0 Å². The van der Waals surface area contributed by atoms with Crippen LogP contribution in [0.1, 0.15) is 63.0 Å². The smallest absolute Gasteiger partial charge is 0.408 e. The number of hydrogen-bond donors (Lipinski definition) is 5. The highest BCUT2D eigenvalue weighted by Crippen LogP contribution is 2.13. The first kappa shape index (κ1) is 33.8. The van der Waals surface area contributed by atoms with Crippen LogP contribution < -0.4 is 21.3 Å². The van der Waals surface area contributed by atoms with E-state index in [4.69, 9.17) is 9.47 Å². The SMILES string of the molecule is CC(C)[C@H](NC(=O)OC(C)(C)C)C(=O)N[C@@H](C)C(=O)Nc1ccc(COC(=O)CNCc2ccccc2C(=O)O)cc1. The van der Waals surface area contributed by atoms with Crippen LogP contribution in [0.4, 0.5) is 10.5 Å². The highest BCUT2D eigenvalue weighted by Gasteiger charge is 2.29. The number of carboxylic acid groups (broad SMARTS) is 1. The fraction of sp³-hybridized carbons (Fsp3) is 0.433. The molecule has 0 radical (unpaired) electrons. The molecule has 12 heteroatoms. The fourth-order valence-electron chi connectivity index (χ4n) is 3.67. The van der Waals surface area contributed by atoms with Crippen molar-refractivity contribution in [2.24, 2.45) is 5.92 Å². The molecule has 0 saturated carbocycles. The van der Waals surface area contributed by atoms with Gasteiger partial charge in [-0.25, -0.2) is 9.59 Å². The molecule has 0 aromatic heterocycles. The number of esters is 1. The number of hydrogen-bond acceptors (Lipinski definition) is 8. The zero-order valence-corrected chi connectivity index (χ0v) is 24.8. The van der Waals surface area contributed by atoms with Crippen LogP contribution in [0, 0.1) is 5.92 Å². The maximum absolute atomic E-state index is 12.8. The number of amides is 3. The minimum Gasteiger partial charge on any atom is -0.478 e. The third-order valence-corrected chi connectivity index (χ3v) is 5.83. The lowest BCUT2D eigenvalue weighted by atomic mass is 10.0. The highest BCUT2D eigenvalue weighted by atomic mass is 16.6. The Bertz CT molecular complexity index is 1250. The van der Waals surface area contributed by atoms with Crippen molar-refractivity contribution in [1.82, 2.24) is 16.0 Å². The highest BCUT2D eigenvalue weighted by molar-refractivity contribution is 5.98. The summed E-state index contributed by atoms with van der Waals surface area (Å²) in [4.78, 5) is 60.9. The van der Waals surface area contributed by atoms with Crippen LogP contribution in [-0.4, -0.2) is 59.2 Å². The van der Waals surface area contributed by atoms with Crippen molar-refractivity contribution >= 4 is 35.5 Å². The summed E-state index contributed by atoms with van der Waals surface area (Å²) in [5.74, 6) is -2.78. The number of rotatable bonds is 13. The van der Waals surface area contributed by atoms with Crippen LogP contribution in [-0.2, 0) is 37.0 Å². The third-order valence-electron chi connectivity index (χ3n) is 5.83. The largest absolute Gasteiger partial charge is 0.478 e. The molecule has 2 aromatic rings. The molecule has 12 nitrogen and oxygen atoms in total. The summed E-state index contributed by atoms with van der Waals surface area (Å²) in [6, 6.07) is 11.4. The molecule has 2 rings (SSSR count). The molecule has 42 heavy (non-hydrogen) atoms. The second-order valence-electron chi connectivity index (χ2n) is 11.0. The molecule has 0 spiro atoms. The summed E-state index contributed by atoms with van der Waals surface area (Å²) in [5.41, 5.74) is 1.16. The van der Waals surface area contributed by atoms with Gasteiger partial charge in [0, 0.05) is 12.2 Å². The molecule has 0 unspecified atom stereocenters. The number of alkyl carbamates (subject to hydrolysis) is 1. The molecule has 2 atom stereocenters. The van der Waals surface area contributed by atoms with Gasteiger partial charge in [-0.05, 0) is 62.9 Å². The summed E-state index contributed by atoms with van der Waals surface area (Å²) < 4.78 is 10.5. The van der Waals surface area contributed by atoms with Crippen molar-refractivity contribution in [2.45, 2.75) is 72.4 Å². The van der Waals surface area contributed by atoms with Gasteiger partial charge in [0.2, 0.25) is 11.8 Å². The number of anilines is 1. The minimum atomic E-state index is -1.04. The summed E-state index contributed by atoms with van der Waals surface area (Å²) in [6.45, 7) is 10.3. The minimum absolute atomic E-state index is 0.00809. The Hall–Kier alpha value is -4.45. The summed E-state index contributed by atoms with van der Waals surface area (Å²) in [5, 5.41) is 20.0. The Balaban J connectivity index is 1.80. The van der Waals surface area contributed by atoms with Gasteiger partial charge in [-0.15, -0.1) is 0 Å². The first-order valence-electron chi connectivity index (χ1n) is 13.5. The van der Waals surface area contributed by atoms with Crippen molar-refractivity contribution in [2.75, 3.05) is 11.9 Å². The number of benzene rings is 2. The van der Waals surface area contributed by atoms with E-state index in [1.54, 1.807) is 77.1 Å². The number of ether oxygens (including phenoxy) is 2. The van der Waals surface area contributed by atoms with E-state index in [9.17, 15) is 29.1 Å². The van der Waals surface area contributed by atoms with E-state index >= 15 is 0 Å². The molecule has 5 N–H and O–H groups in total. The van der Waals surface area contributed by atoms with E-state index in [0.717, 1.165) is 0 Å². The van der Waals surface area contributed by atoms with Gasteiger partial charge in [0.05, 0.1) is 12.1 Å². The van der Waals surface area contributed by atoms with Crippen molar-refractivity contribution in [3.8, 4) is 0 Å². The molecular formula is C30H40N4O8. The zero-order valence-electron chi connectivity index (χ0n) is 24.8. The molecule has 0 saturated heterocycles. The van der Waals surface area contributed by atoms with Crippen LogP contribution in [0.15, 0.2) is 48.5 Å². The van der Waals surface area contributed by atoms with Crippen molar-refractivity contribution in [3.63, 3.8) is 0 Å². The molecule has 0 heterocycles. The second-order valence-corrected chi connectivity index (χ2v) is 11.0. The second kappa shape index (κ2) is 15.5. The lowest BCUT2D eigenvalue weighted by Crippen LogP contribution is -2.54. The number of carbonyl (C=O) groups is 5. The third kappa shape index (κ3) is 11.6. The van der Waals surface area contributed by atoms with E-state index in [-0.39, 0.29) is 31.2 Å². The Morgan fingerprint density at radius 2 is 1.52 bits per heavy atom. The van der Waals surface area contributed by atoms with E-state index in [2.05, 4.69) is 21.3 Å². The molecule has 0 fully saturated rings. The molecule has 0 aliphatic rings. The van der Waals surface area contributed by atoms with Gasteiger partial charge in [-0.1, -0.05) is 44.2 Å². The summed E-state index contributed by atoms with van der Waals surface area (Å²) >= 11 is 0. The van der Waals surface area contributed by atoms with Crippen LogP contribution >= 0.6 is 0 Å². The number of nitrogens with one attached hydrogen (secondary N) is 4. The Kier molecular flexibility index (Phi) is 12.5. The predicted octanol–water partition coefficient (Wildman–Crippen LogP) is 3.21. The Morgan fingerprint density at radius 1 is 0.881 bits per heavy atom. The lowest BCUT2D eigenvalue weighted by Gasteiger charge is -2.26. The molecule has 3 amide bonds. The normalized spacial score (nSPS) is 12.5. The van der Waals surface area contributed by atoms with Crippen LogP contribution in [0.2, 0.25) is 0 Å². The summed E-state index contributed by atoms with van der Waals surface area (Å²) in [7, 11) is 0. The number of aromatic carboxylic acids is 1. The predicted molar refractivity (Wildman–Crippen MR) is 156 cm³/mol. The van der Waals surface area contributed by atoms with Gasteiger partial charge >= 0.3 is 18.0 Å². The molecule has 228 valence electrons. The van der Waals surface area contributed by atoms with Crippen LogP contribution in [0.5, 0.6) is 0 Å². The molecule has 0 bridgehead atoms. The summed E-state index contributed by atoms with van der Waals surface area (Å²) in [6.07, 6.45) is -0.725. The molecule has 0 aliphatic carbocycles. The Labute approximate surface area is 245 Å². The quantitative estimate of drug-likeness (QED) is 0.222. The first-order chi connectivity index (χ1) is 19.7. The maximum Gasteiger partial charge on any atom is 0.408 e. The number of carboxylic acids is 1. The van der Waals surface area contributed by atoms with Gasteiger partial charge in [0.25, 0.3) is 0 Å². The van der Waals surface area contributed by atoms with Crippen molar-refractivity contribution in [1.29, 1.82) is 0 Å². The lowest BCUT2D eigenvalue weighted by molar-refractivity contribution is -0.143. The maximum atomic E-state index is 12.8. The topological polar surface area (TPSA) is 172 Å². The molecule has 0 aliphatic heterocycles. The zero-order chi connectivity index (χ0) is 31.4. The Morgan fingerprint density at radius 3 is 2.12 bits per heavy atom. The van der Waals surface area contributed by atoms with E-state index in [1.807, 2.05) is 0 Å². The molecular weight excluding hydrogens is 544 g/mol. The van der Waals surface area contributed by atoms with E-state index in [1.165, 1.54) is 13.0 Å². The fourth-order valence-corrected chi connectivity index (χ4v) is 3.67. The van der Waals surface area contributed by atoms with Gasteiger partial charge in [-0.2, -0.15) is 0 Å². The van der Waals surface area contributed by atoms with Crippen LogP contribution in [0.3, 0.4) is 0 Å². The van der Waals surface area contributed by atoms with E-state index in [0.29, 0.717) is 16.8 Å². The van der Waals surface area contributed by atoms with Crippen LogP contribution in [0.25, 0.3) is 0 Å². The molecule has 2 aromatic carbocycles.